The van der Waals surface area contributed by atoms with Crippen LogP contribution in [0.5, 0.6) is 0 Å². The number of hydrogen-bond donors (Lipinski definition) is 3. The van der Waals surface area contributed by atoms with Gasteiger partial charge >= 0.3 is 0 Å². The monoisotopic (exact) mass is 222 g/mol. The van der Waals surface area contributed by atoms with Crippen molar-refractivity contribution < 1.29 is 8.76 Å². The molecule has 0 fully saturated rings. The topological polar surface area (TPSA) is 75.3 Å². The standard InChI is InChI=1S/C10H10N2O2S/c11-10-6-8(12-15(13)14)5-7-3-1-2-4-9(7)10/h1-6,12H,11H2,(H,13,14). The Labute approximate surface area is 89.5 Å². The van der Waals surface area contributed by atoms with E-state index in [1.54, 1.807) is 12.1 Å². The largest absolute Gasteiger partial charge is 0.398 e. The van der Waals surface area contributed by atoms with Crippen LogP contribution in [0.15, 0.2) is 36.4 Å². The quantitative estimate of drug-likeness (QED) is 0.537. The molecule has 0 saturated heterocycles. The molecule has 4 N–H and O–H groups in total. The molecule has 1 atom stereocenters. The van der Waals surface area contributed by atoms with Crippen molar-refractivity contribution >= 4 is 33.4 Å². The highest BCUT2D eigenvalue weighted by Gasteiger charge is 2.01. The van der Waals surface area contributed by atoms with E-state index in [2.05, 4.69) is 4.72 Å². The van der Waals surface area contributed by atoms with Crippen molar-refractivity contribution in [2.24, 2.45) is 0 Å². The van der Waals surface area contributed by atoms with Crippen LogP contribution in [0.1, 0.15) is 0 Å². The summed E-state index contributed by atoms with van der Waals surface area (Å²) in [5.74, 6) is 0. The highest BCUT2D eigenvalue weighted by atomic mass is 32.2. The van der Waals surface area contributed by atoms with Crippen LogP contribution in [0.2, 0.25) is 0 Å². The van der Waals surface area contributed by atoms with E-state index in [9.17, 15) is 4.21 Å². The minimum absolute atomic E-state index is 0.534. The predicted octanol–water partition coefficient (Wildman–Crippen LogP) is 1.97. The Hall–Kier alpha value is -1.59. The molecule has 0 spiro atoms. The first kappa shape index (κ1) is 9.95. The van der Waals surface area contributed by atoms with Gasteiger partial charge in [0.1, 0.15) is 0 Å². The number of benzene rings is 2. The maximum Gasteiger partial charge on any atom is 0.259 e. The van der Waals surface area contributed by atoms with Crippen molar-refractivity contribution in [2.45, 2.75) is 0 Å². The van der Waals surface area contributed by atoms with Gasteiger partial charge in [-0.05, 0) is 17.5 Å². The van der Waals surface area contributed by atoms with Crippen molar-refractivity contribution in [3.8, 4) is 0 Å². The molecule has 0 heterocycles. The van der Waals surface area contributed by atoms with E-state index in [0.717, 1.165) is 10.8 Å². The zero-order valence-electron chi connectivity index (χ0n) is 7.81. The average Bonchev–Trinajstić information content (AvgIpc) is 2.16. The van der Waals surface area contributed by atoms with Gasteiger partial charge < -0.3 is 5.73 Å². The second kappa shape index (κ2) is 3.88. The number of nitrogen functional groups attached to an aromatic ring is 1. The molecular formula is C10H10N2O2S. The minimum atomic E-state index is -2.07. The van der Waals surface area contributed by atoms with Crippen molar-refractivity contribution in [3.63, 3.8) is 0 Å². The Bertz CT molecular complexity index is 528. The molecule has 0 radical (unpaired) electrons. The molecule has 0 aromatic heterocycles. The first-order chi connectivity index (χ1) is 7.16. The first-order valence-corrected chi connectivity index (χ1v) is 5.43. The number of nitrogens with one attached hydrogen (secondary N) is 1. The number of nitrogens with two attached hydrogens (primary N) is 1. The summed E-state index contributed by atoms with van der Waals surface area (Å²) in [6.07, 6.45) is 0. The van der Waals surface area contributed by atoms with Crippen molar-refractivity contribution in [1.82, 2.24) is 0 Å². The molecule has 1 unspecified atom stereocenters. The fourth-order valence-electron chi connectivity index (χ4n) is 1.50. The van der Waals surface area contributed by atoms with Crippen molar-refractivity contribution in [2.75, 3.05) is 10.5 Å². The normalized spacial score (nSPS) is 12.6. The molecule has 0 bridgehead atoms. The molecule has 2 aromatic rings. The predicted molar refractivity (Wildman–Crippen MR) is 62.8 cm³/mol. The highest BCUT2D eigenvalue weighted by Crippen LogP contribution is 2.25. The van der Waals surface area contributed by atoms with Gasteiger partial charge in [0.05, 0.1) is 5.69 Å². The van der Waals surface area contributed by atoms with Gasteiger partial charge in [0.25, 0.3) is 11.3 Å². The highest BCUT2D eigenvalue weighted by molar-refractivity contribution is 7.80. The number of fused-ring (bicyclic) bond motifs is 1. The van der Waals surface area contributed by atoms with Gasteiger partial charge in [0.2, 0.25) is 0 Å². The van der Waals surface area contributed by atoms with Crippen molar-refractivity contribution in [1.29, 1.82) is 0 Å². The number of rotatable bonds is 2. The second-order valence-electron chi connectivity index (χ2n) is 3.14. The average molecular weight is 222 g/mol. The summed E-state index contributed by atoms with van der Waals surface area (Å²) >= 11 is -2.07. The summed E-state index contributed by atoms with van der Waals surface area (Å²) in [4.78, 5) is 0. The van der Waals surface area contributed by atoms with E-state index in [0.29, 0.717) is 11.4 Å². The van der Waals surface area contributed by atoms with Gasteiger partial charge in [-0.3, -0.25) is 9.27 Å². The second-order valence-corrected chi connectivity index (χ2v) is 3.84. The molecule has 0 saturated carbocycles. The van der Waals surface area contributed by atoms with Crippen LogP contribution < -0.4 is 10.5 Å². The fourth-order valence-corrected chi connectivity index (χ4v) is 1.82. The maximum atomic E-state index is 10.6. The molecule has 0 amide bonds. The maximum absolute atomic E-state index is 10.6. The SMILES string of the molecule is Nc1cc(NS(=O)O)cc2ccccc12. The zero-order valence-corrected chi connectivity index (χ0v) is 8.62. The molecular weight excluding hydrogens is 212 g/mol. The zero-order chi connectivity index (χ0) is 10.8. The summed E-state index contributed by atoms with van der Waals surface area (Å²) in [5, 5.41) is 1.87. The van der Waals surface area contributed by atoms with Crippen LogP contribution in [0.25, 0.3) is 10.8 Å². The van der Waals surface area contributed by atoms with Crippen LogP contribution in [0.3, 0.4) is 0 Å². The summed E-state index contributed by atoms with van der Waals surface area (Å²) in [7, 11) is 0. The van der Waals surface area contributed by atoms with Gasteiger partial charge in [-0.1, -0.05) is 24.3 Å². The molecule has 0 aliphatic heterocycles. The number of hydrogen-bond acceptors (Lipinski definition) is 2. The van der Waals surface area contributed by atoms with E-state index in [-0.39, 0.29) is 0 Å². The minimum Gasteiger partial charge on any atom is -0.398 e. The van der Waals surface area contributed by atoms with Gasteiger partial charge in [-0.15, -0.1) is 0 Å². The molecule has 15 heavy (non-hydrogen) atoms. The lowest BCUT2D eigenvalue weighted by Gasteiger charge is -2.06. The lowest BCUT2D eigenvalue weighted by Crippen LogP contribution is -2.02. The molecule has 2 rings (SSSR count). The van der Waals surface area contributed by atoms with Gasteiger partial charge in [-0.2, -0.15) is 0 Å². The summed E-state index contributed by atoms with van der Waals surface area (Å²) in [5.41, 5.74) is 6.93. The molecule has 2 aromatic carbocycles. The van der Waals surface area contributed by atoms with Gasteiger partial charge in [0.15, 0.2) is 0 Å². The third-order valence-electron chi connectivity index (χ3n) is 2.10. The molecule has 78 valence electrons. The van der Waals surface area contributed by atoms with Crippen LogP contribution in [-0.2, 0) is 11.3 Å². The summed E-state index contributed by atoms with van der Waals surface area (Å²) < 4.78 is 21.6. The lowest BCUT2D eigenvalue weighted by molar-refractivity contribution is 0.570. The molecule has 5 heteroatoms. The van der Waals surface area contributed by atoms with Crippen molar-refractivity contribution in [3.05, 3.63) is 36.4 Å². The Morgan fingerprint density at radius 3 is 2.73 bits per heavy atom. The summed E-state index contributed by atoms with van der Waals surface area (Å²) in [6.45, 7) is 0. The van der Waals surface area contributed by atoms with Crippen LogP contribution in [0.4, 0.5) is 11.4 Å². The fraction of sp³-hybridized carbons (Fsp3) is 0. The first-order valence-electron chi connectivity index (χ1n) is 4.32. The van der Waals surface area contributed by atoms with E-state index in [4.69, 9.17) is 10.3 Å². The Kier molecular flexibility index (Phi) is 2.57. The van der Waals surface area contributed by atoms with Gasteiger partial charge in [-0.25, -0.2) is 4.21 Å². The third-order valence-corrected chi connectivity index (χ3v) is 2.51. The van der Waals surface area contributed by atoms with E-state index < -0.39 is 11.3 Å². The van der Waals surface area contributed by atoms with Crippen LogP contribution in [-0.4, -0.2) is 8.76 Å². The molecule has 4 nitrogen and oxygen atoms in total. The van der Waals surface area contributed by atoms with Crippen LogP contribution >= 0.6 is 0 Å². The van der Waals surface area contributed by atoms with E-state index in [1.165, 1.54) is 0 Å². The van der Waals surface area contributed by atoms with E-state index >= 15 is 0 Å². The Balaban J connectivity index is 2.57. The third kappa shape index (κ3) is 2.08. The Morgan fingerprint density at radius 1 is 1.27 bits per heavy atom. The molecule has 0 aliphatic carbocycles. The Morgan fingerprint density at radius 2 is 2.00 bits per heavy atom. The number of anilines is 2. The van der Waals surface area contributed by atoms with Gasteiger partial charge in [0, 0.05) is 11.1 Å². The van der Waals surface area contributed by atoms with E-state index in [1.807, 2.05) is 24.3 Å². The summed E-state index contributed by atoms with van der Waals surface area (Å²) in [6, 6.07) is 11.0. The smallest absolute Gasteiger partial charge is 0.259 e. The van der Waals surface area contributed by atoms with Crippen LogP contribution in [0, 0.1) is 0 Å². The molecule has 0 aliphatic rings. The lowest BCUT2D eigenvalue weighted by atomic mass is 10.1.